The Hall–Kier alpha value is -3.60. The first-order valence-electron chi connectivity index (χ1n) is 15.3. The molecule has 4 N–H and O–H groups in total. The van der Waals surface area contributed by atoms with Gasteiger partial charge in [0.25, 0.3) is 0 Å². The minimum Gasteiger partial charge on any atom is -0.463 e. The molecule has 2 fully saturated rings. The summed E-state index contributed by atoms with van der Waals surface area (Å²) < 4.78 is 18.8. The molecule has 44 heavy (non-hydrogen) atoms. The number of hydrogen-bond donors (Lipinski definition) is 3. The monoisotopic (exact) mass is 612 g/mol. The molecule has 0 spiro atoms. The van der Waals surface area contributed by atoms with Gasteiger partial charge >= 0.3 is 11.9 Å². The Kier molecular flexibility index (Phi) is 10.3. The van der Waals surface area contributed by atoms with Crippen molar-refractivity contribution in [3.8, 4) is 6.07 Å². The lowest BCUT2D eigenvalue weighted by Gasteiger charge is -2.29. The number of carbonyl (C=O) groups is 3. The van der Waals surface area contributed by atoms with Crippen LogP contribution < -0.4 is 11.1 Å². The van der Waals surface area contributed by atoms with E-state index in [2.05, 4.69) is 21.5 Å². The molecule has 13 nitrogen and oxygen atoms in total. The maximum absolute atomic E-state index is 13.1. The van der Waals surface area contributed by atoms with Crippen molar-refractivity contribution in [3.63, 3.8) is 0 Å². The molecule has 0 bridgehead atoms. The largest absolute Gasteiger partial charge is 0.463 e. The molecule has 1 saturated carbocycles. The van der Waals surface area contributed by atoms with Crippen molar-refractivity contribution in [3.05, 3.63) is 24.2 Å². The number of amides is 1. The van der Waals surface area contributed by atoms with Gasteiger partial charge in [0.1, 0.15) is 42.8 Å². The van der Waals surface area contributed by atoms with Crippen LogP contribution in [0.1, 0.15) is 85.3 Å². The summed E-state index contributed by atoms with van der Waals surface area (Å²) in [7, 11) is 0. The molecule has 240 valence electrons. The fourth-order valence-electron chi connectivity index (χ4n) is 5.60. The third-order valence-corrected chi connectivity index (χ3v) is 8.76. The number of hydrogen-bond acceptors (Lipinski definition) is 11. The van der Waals surface area contributed by atoms with E-state index >= 15 is 0 Å². The molecule has 4 rings (SSSR count). The van der Waals surface area contributed by atoms with Gasteiger partial charge < -0.3 is 30.4 Å². The molecule has 1 saturated heterocycles. The minimum atomic E-state index is -2.09. The van der Waals surface area contributed by atoms with Gasteiger partial charge in [0.2, 0.25) is 11.5 Å². The van der Waals surface area contributed by atoms with E-state index in [1.165, 1.54) is 16.9 Å². The summed E-state index contributed by atoms with van der Waals surface area (Å²) in [6.07, 6.45) is 3.02. The van der Waals surface area contributed by atoms with E-state index in [9.17, 15) is 24.8 Å². The van der Waals surface area contributed by atoms with Gasteiger partial charge in [-0.05, 0) is 42.7 Å². The Balaban J connectivity index is 1.64. The van der Waals surface area contributed by atoms with Gasteiger partial charge in [-0.15, -0.1) is 0 Å². The predicted molar refractivity (Wildman–Crippen MR) is 159 cm³/mol. The molecule has 1 amide bonds. The van der Waals surface area contributed by atoms with E-state index in [1.54, 1.807) is 33.8 Å². The first kappa shape index (κ1) is 33.3. The van der Waals surface area contributed by atoms with Crippen LogP contribution in [0.3, 0.4) is 0 Å². The highest BCUT2D eigenvalue weighted by Crippen LogP contribution is 2.42. The molecule has 2 aromatic heterocycles. The third kappa shape index (κ3) is 6.87. The lowest BCUT2D eigenvalue weighted by Crippen LogP contribution is -2.49. The fourth-order valence-corrected chi connectivity index (χ4v) is 5.60. The number of ether oxygens (including phenoxy) is 3. The van der Waals surface area contributed by atoms with Crippen LogP contribution in [0.4, 0.5) is 5.82 Å². The topological polar surface area (TPSA) is 191 Å². The van der Waals surface area contributed by atoms with E-state index < -0.39 is 47.3 Å². The van der Waals surface area contributed by atoms with Crippen molar-refractivity contribution in [1.82, 2.24) is 14.6 Å². The van der Waals surface area contributed by atoms with Crippen LogP contribution in [0.2, 0.25) is 0 Å². The standard InChI is InChI=1S/C31H44N6O7/c1-6-18(2)28(40)36-27-20-12-13-22(37(20)35-17-34-27)31(16-32)26(39)24(43-29(41)25(33)30(3,4)5)21(44-31)15-42-23(38)14-19-10-8-7-9-11-19/h12-13,17-19,21,24-26,39H,6-11,14-15,33H2,1-5H3,(H,34,35,36,40)/t18-,21-,24-,25-,26-,31+/m1/s1. The first-order chi connectivity index (χ1) is 20.8. The second-order valence-electron chi connectivity index (χ2n) is 13.0. The number of fused-ring (bicyclic) bond motifs is 1. The minimum absolute atomic E-state index is 0.112. The zero-order valence-electron chi connectivity index (χ0n) is 26.1. The highest BCUT2D eigenvalue weighted by molar-refractivity contribution is 5.94. The van der Waals surface area contributed by atoms with Gasteiger partial charge in [0.15, 0.2) is 11.9 Å². The summed E-state index contributed by atoms with van der Waals surface area (Å²) in [5.74, 6) is -1.27. The molecule has 1 aliphatic carbocycles. The average Bonchev–Trinajstić information content (AvgIpc) is 3.55. The van der Waals surface area contributed by atoms with Gasteiger partial charge in [-0.1, -0.05) is 53.9 Å². The Morgan fingerprint density at radius 1 is 1.27 bits per heavy atom. The summed E-state index contributed by atoms with van der Waals surface area (Å²) in [5, 5.41) is 29.2. The summed E-state index contributed by atoms with van der Waals surface area (Å²) >= 11 is 0. The fraction of sp³-hybridized carbons (Fsp3) is 0.677. The second kappa shape index (κ2) is 13.6. The molecule has 2 aromatic rings. The second-order valence-corrected chi connectivity index (χ2v) is 13.0. The lowest BCUT2D eigenvalue weighted by molar-refractivity contribution is -0.163. The predicted octanol–water partition coefficient (Wildman–Crippen LogP) is 2.99. The number of aliphatic hydroxyl groups excluding tert-OH is 1. The molecule has 6 atom stereocenters. The number of anilines is 1. The number of nitrogens with zero attached hydrogens (tertiary/aromatic N) is 4. The van der Waals surface area contributed by atoms with Crippen molar-refractivity contribution < 1.29 is 33.7 Å². The normalized spacial score (nSPS) is 25.6. The van der Waals surface area contributed by atoms with Crippen LogP contribution in [0, 0.1) is 28.6 Å². The number of nitriles is 1. The zero-order chi connectivity index (χ0) is 32.2. The van der Waals surface area contributed by atoms with E-state index in [1.807, 2.05) is 6.92 Å². The van der Waals surface area contributed by atoms with Crippen molar-refractivity contribution in [2.24, 2.45) is 23.0 Å². The number of esters is 2. The molecule has 0 radical (unpaired) electrons. The molecule has 0 unspecified atom stereocenters. The smallest absolute Gasteiger partial charge is 0.323 e. The van der Waals surface area contributed by atoms with E-state index in [4.69, 9.17) is 19.9 Å². The summed E-state index contributed by atoms with van der Waals surface area (Å²) in [4.78, 5) is 42.6. The van der Waals surface area contributed by atoms with Gasteiger partial charge in [0.05, 0.1) is 5.69 Å². The number of rotatable bonds is 10. The summed E-state index contributed by atoms with van der Waals surface area (Å²) in [6, 6.07) is 4.12. The molecular formula is C31H44N6O7. The Labute approximate surface area is 257 Å². The number of aliphatic hydroxyl groups is 1. The highest BCUT2D eigenvalue weighted by atomic mass is 16.6. The maximum Gasteiger partial charge on any atom is 0.323 e. The Bertz CT molecular complexity index is 1390. The number of aromatic nitrogens is 3. The third-order valence-electron chi connectivity index (χ3n) is 8.76. The van der Waals surface area contributed by atoms with Gasteiger partial charge in [-0.3, -0.25) is 14.4 Å². The number of nitrogens with one attached hydrogen (secondary N) is 1. The molecule has 1 aliphatic heterocycles. The molecule has 3 heterocycles. The average molecular weight is 613 g/mol. The van der Waals surface area contributed by atoms with Gasteiger partial charge in [-0.2, -0.15) is 10.4 Å². The Morgan fingerprint density at radius 3 is 2.61 bits per heavy atom. The lowest BCUT2D eigenvalue weighted by atomic mass is 9.87. The van der Waals surface area contributed by atoms with Crippen LogP contribution in [0.15, 0.2) is 18.5 Å². The number of nitrogens with two attached hydrogens (primary N) is 1. The van der Waals surface area contributed by atoms with Crippen LogP contribution >= 0.6 is 0 Å². The quantitative estimate of drug-likeness (QED) is 0.334. The van der Waals surface area contributed by atoms with Gasteiger partial charge in [0, 0.05) is 12.3 Å². The Morgan fingerprint density at radius 2 is 1.98 bits per heavy atom. The maximum atomic E-state index is 13.1. The van der Waals surface area contributed by atoms with E-state index in [-0.39, 0.29) is 42.3 Å². The van der Waals surface area contributed by atoms with Crippen molar-refractivity contribution >= 4 is 29.2 Å². The van der Waals surface area contributed by atoms with Crippen LogP contribution in [-0.2, 0) is 34.2 Å². The summed E-state index contributed by atoms with van der Waals surface area (Å²) in [6.45, 7) is 8.65. The molecular weight excluding hydrogens is 568 g/mol. The zero-order valence-corrected chi connectivity index (χ0v) is 26.1. The highest BCUT2D eigenvalue weighted by Gasteiger charge is 2.60. The van der Waals surface area contributed by atoms with Gasteiger partial charge in [-0.25, -0.2) is 9.50 Å². The van der Waals surface area contributed by atoms with Crippen LogP contribution in [0.5, 0.6) is 0 Å². The number of carbonyl (C=O) groups excluding carboxylic acids is 3. The van der Waals surface area contributed by atoms with Crippen molar-refractivity contribution in [1.29, 1.82) is 5.26 Å². The molecule has 13 heteroatoms. The van der Waals surface area contributed by atoms with Crippen LogP contribution in [0.25, 0.3) is 5.52 Å². The molecule has 0 aromatic carbocycles. The summed E-state index contributed by atoms with van der Waals surface area (Å²) in [5.41, 5.74) is 3.87. The van der Waals surface area contributed by atoms with Crippen molar-refractivity contribution in [2.75, 3.05) is 11.9 Å². The van der Waals surface area contributed by atoms with E-state index in [0.29, 0.717) is 11.9 Å². The first-order valence-corrected chi connectivity index (χ1v) is 15.3. The van der Waals surface area contributed by atoms with Crippen LogP contribution in [-0.4, -0.2) is 68.5 Å². The molecule has 2 aliphatic rings. The van der Waals surface area contributed by atoms with E-state index in [0.717, 1.165) is 32.1 Å². The van der Waals surface area contributed by atoms with Crippen molar-refractivity contribution in [2.45, 2.75) is 110 Å². The SMILES string of the molecule is CC[C@@H](C)C(=O)Nc1ncnn2c([C@]3(C#N)O[C@H](COC(=O)CC4CCCCC4)[C@@H](OC(=O)[C@@H](N)C(C)(C)C)[C@H]3O)ccc12.